The highest BCUT2D eigenvalue weighted by Crippen LogP contribution is 2.33. The number of hydrogen-bond donors (Lipinski definition) is 0. The third kappa shape index (κ3) is 4.56. The number of morpholine rings is 1. The third-order valence-corrected chi connectivity index (χ3v) is 4.93. The van der Waals surface area contributed by atoms with Crippen molar-refractivity contribution in [3.05, 3.63) is 89.5 Å². The van der Waals surface area contributed by atoms with E-state index in [-0.39, 0.29) is 18.1 Å². The van der Waals surface area contributed by atoms with Gasteiger partial charge < -0.3 is 9.64 Å². The Hall–Kier alpha value is -2.93. The monoisotopic (exact) mass is 399 g/mol. The van der Waals surface area contributed by atoms with Crippen molar-refractivity contribution in [2.24, 2.45) is 0 Å². The smallest absolute Gasteiger partial charge is 0.368 e. The zero-order valence-electron chi connectivity index (χ0n) is 15.6. The highest BCUT2D eigenvalue weighted by atomic mass is 19.4. The van der Waals surface area contributed by atoms with Crippen LogP contribution in [0.3, 0.4) is 0 Å². The van der Waals surface area contributed by atoms with Crippen LogP contribution in [0.25, 0.3) is 0 Å². The number of rotatable bonds is 4. The Kier molecular flexibility index (Phi) is 5.49. The van der Waals surface area contributed by atoms with E-state index in [0.717, 1.165) is 24.0 Å². The van der Waals surface area contributed by atoms with E-state index < -0.39 is 11.7 Å². The Morgan fingerprint density at radius 1 is 1.03 bits per heavy atom. The van der Waals surface area contributed by atoms with Crippen LogP contribution in [0.1, 0.15) is 28.6 Å². The second-order valence-corrected chi connectivity index (χ2v) is 6.90. The lowest BCUT2D eigenvalue weighted by Gasteiger charge is -2.34. The largest absolute Gasteiger partial charge is 0.416 e. The number of anilines is 1. The Labute approximate surface area is 167 Å². The Morgan fingerprint density at radius 2 is 1.90 bits per heavy atom. The molecule has 0 spiro atoms. The predicted molar refractivity (Wildman–Crippen MR) is 104 cm³/mol. The fraction of sp³-hybridized carbons (Fsp3) is 0.273. The minimum Gasteiger partial charge on any atom is -0.368 e. The molecule has 150 valence electrons. The van der Waals surface area contributed by atoms with Gasteiger partial charge in [-0.1, -0.05) is 24.3 Å². The highest BCUT2D eigenvalue weighted by molar-refractivity contribution is 5.44. The molecule has 1 aliphatic heterocycles. The molecule has 3 heterocycles. The molecule has 1 aliphatic rings. The van der Waals surface area contributed by atoms with Crippen LogP contribution in [-0.4, -0.2) is 29.7 Å². The fourth-order valence-electron chi connectivity index (χ4n) is 3.53. The van der Waals surface area contributed by atoms with Crippen molar-refractivity contribution in [2.75, 3.05) is 24.6 Å². The van der Waals surface area contributed by atoms with Gasteiger partial charge in [0.15, 0.2) is 0 Å². The summed E-state index contributed by atoms with van der Waals surface area (Å²) in [6.45, 7) is 1.91. The lowest BCUT2D eigenvalue weighted by molar-refractivity contribution is -0.138. The van der Waals surface area contributed by atoms with Crippen molar-refractivity contribution in [3.63, 3.8) is 0 Å². The number of ether oxygens (including phenoxy) is 1. The molecule has 4 rings (SSSR count). The topological polar surface area (TPSA) is 38.2 Å². The number of hydrogen-bond acceptors (Lipinski definition) is 4. The van der Waals surface area contributed by atoms with Gasteiger partial charge in [-0.2, -0.15) is 13.2 Å². The molecular weight excluding hydrogens is 379 g/mol. The Balaban J connectivity index is 1.54. The summed E-state index contributed by atoms with van der Waals surface area (Å²) in [4.78, 5) is 10.9. The van der Waals surface area contributed by atoms with E-state index >= 15 is 0 Å². The molecule has 0 bridgehead atoms. The molecule has 0 amide bonds. The first kappa shape index (κ1) is 19.4. The number of pyridine rings is 2. The van der Waals surface area contributed by atoms with Crippen LogP contribution in [-0.2, 0) is 17.3 Å². The van der Waals surface area contributed by atoms with Gasteiger partial charge in [-0.3, -0.25) is 9.97 Å². The first-order chi connectivity index (χ1) is 14.0. The van der Waals surface area contributed by atoms with Gasteiger partial charge in [0.2, 0.25) is 0 Å². The number of aromatic nitrogens is 2. The summed E-state index contributed by atoms with van der Waals surface area (Å²) in [5, 5.41) is 0. The van der Waals surface area contributed by atoms with Gasteiger partial charge in [-0.05, 0) is 35.9 Å². The summed E-state index contributed by atoms with van der Waals surface area (Å²) in [6.07, 6.45) is -0.985. The molecule has 0 unspecified atom stereocenters. The predicted octanol–water partition coefficient (Wildman–Crippen LogP) is 4.66. The molecule has 0 saturated carbocycles. The minimum atomic E-state index is -4.38. The first-order valence-corrected chi connectivity index (χ1v) is 9.38. The standard InChI is InChI=1S/C22H20F3N3O/c23-22(24,25)19-8-2-1-5-16(19)13-17-6-3-9-20(27-17)21-15-28(11-12-29-21)18-7-4-10-26-14-18/h1-10,14,21H,11-13,15H2/t21-/m0/s1. The quantitative estimate of drug-likeness (QED) is 0.639. The van der Waals surface area contributed by atoms with Crippen LogP contribution < -0.4 is 4.90 Å². The normalized spacial score (nSPS) is 17.3. The van der Waals surface area contributed by atoms with Gasteiger partial charge in [-0.15, -0.1) is 0 Å². The highest BCUT2D eigenvalue weighted by Gasteiger charge is 2.33. The molecule has 0 N–H and O–H groups in total. The van der Waals surface area contributed by atoms with E-state index in [1.54, 1.807) is 24.5 Å². The van der Waals surface area contributed by atoms with Gasteiger partial charge in [0.05, 0.1) is 36.3 Å². The van der Waals surface area contributed by atoms with E-state index in [0.29, 0.717) is 18.8 Å². The summed E-state index contributed by atoms with van der Waals surface area (Å²) in [5.41, 5.74) is 1.91. The van der Waals surface area contributed by atoms with Crippen LogP contribution in [0.15, 0.2) is 67.0 Å². The van der Waals surface area contributed by atoms with Crippen molar-refractivity contribution in [3.8, 4) is 0 Å². The van der Waals surface area contributed by atoms with Gasteiger partial charge >= 0.3 is 6.18 Å². The van der Waals surface area contributed by atoms with Crippen LogP contribution in [0.2, 0.25) is 0 Å². The van der Waals surface area contributed by atoms with E-state index in [1.807, 2.05) is 24.3 Å². The van der Waals surface area contributed by atoms with Crippen molar-refractivity contribution in [1.29, 1.82) is 0 Å². The third-order valence-electron chi connectivity index (χ3n) is 4.93. The van der Waals surface area contributed by atoms with E-state index in [2.05, 4.69) is 14.9 Å². The lowest BCUT2D eigenvalue weighted by atomic mass is 10.0. The maximum absolute atomic E-state index is 13.3. The summed E-state index contributed by atoms with van der Waals surface area (Å²) < 4.78 is 45.7. The summed E-state index contributed by atoms with van der Waals surface area (Å²) in [6, 6.07) is 14.9. The molecule has 7 heteroatoms. The van der Waals surface area contributed by atoms with Crippen LogP contribution in [0, 0.1) is 0 Å². The summed E-state index contributed by atoms with van der Waals surface area (Å²) in [5.74, 6) is 0. The van der Waals surface area contributed by atoms with Gasteiger partial charge in [0.1, 0.15) is 6.10 Å². The van der Waals surface area contributed by atoms with Gasteiger partial charge in [0, 0.05) is 24.9 Å². The van der Waals surface area contributed by atoms with Crippen LogP contribution in [0.5, 0.6) is 0 Å². The maximum atomic E-state index is 13.3. The van der Waals surface area contributed by atoms with Crippen molar-refractivity contribution >= 4 is 5.69 Å². The van der Waals surface area contributed by atoms with E-state index in [4.69, 9.17) is 4.74 Å². The fourth-order valence-corrected chi connectivity index (χ4v) is 3.53. The molecule has 0 aliphatic carbocycles. The Morgan fingerprint density at radius 3 is 2.69 bits per heavy atom. The van der Waals surface area contributed by atoms with Crippen molar-refractivity contribution < 1.29 is 17.9 Å². The van der Waals surface area contributed by atoms with E-state index in [1.165, 1.54) is 12.1 Å². The Bertz CT molecular complexity index is 963. The molecular formula is C22H20F3N3O. The van der Waals surface area contributed by atoms with Crippen LogP contribution in [0.4, 0.5) is 18.9 Å². The summed E-state index contributed by atoms with van der Waals surface area (Å²) >= 11 is 0. The van der Waals surface area contributed by atoms with Crippen LogP contribution >= 0.6 is 0 Å². The second-order valence-electron chi connectivity index (χ2n) is 6.90. The molecule has 1 saturated heterocycles. The molecule has 4 nitrogen and oxygen atoms in total. The van der Waals surface area contributed by atoms with E-state index in [9.17, 15) is 13.2 Å². The molecule has 1 atom stereocenters. The number of benzene rings is 1. The SMILES string of the molecule is FC(F)(F)c1ccccc1Cc1cccc([C@@H]2CN(c3cccnc3)CCO2)n1. The lowest BCUT2D eigenvalue weighted by Crippen LogP contribution is -2.38. The molecule has 1 fully saturated rings. The number of halogens is 3. The molecule has 0 radical (unpaired) electrons. The van der Waals surface area contributed by atoms with Gasteiger partial charge in [-0.25, -0.2) is 0 Å². The molecule has 29 heavy (non-hydrogen) atoms. The van der Waals surface area contributed by atoms with Crippen molar-refractivity contribution in [2.45, 2.75) is 18.7 Å². The minimum absolute atomic E-state index is 0.114. The van der Waals surface area contributed by atoms with Crippen molar-refractivity contribution in [1.82, 2.24) is 9.97 Å². The molecule has 3 aromatic rings. The second kappa shape index (κ2) is 8.21. The maximum Gasteiger partial charge on any atom is 0.416 e. The summed E-state index contributed by atoms with van der Waals surface area (Å²) in [7, 11) is 0. The average molecular weight is 399 g/mol. The number of nitrogens with zero attached hydrogens (tertiary/aromatic N) is 3. The zero-order valence-corrected chi connectivity index (χ0v) is 15.6. The average Bonchev–Trinajstić information content (AvgIpc) is 2.74. The molecule has 2 aromatic heterocycles. The zero-order chi connectivity index (χ0) is 20.3. The number of alkyl halides is 3. The van der Waals surface area contributed by atoms with Gasteiger partial charge in [0.25, 0.3) is 0 Å². The first-order valence-electron chi connectivity index (χ1n) is 9.38. The molecule has 1 aromatic carbocycles.